The Morgan fingerprint density at radius 3 is 2.91 bits per heavy atom. The van der Waals surface area contributed by atoms with Crippen LogP contribution in [0.4, 0.5) is 0 Å². The van der Waals surface area contributed by atoms with Crippen molar-refractivity contribution in [1.29, 1.82) is 0 Å². The van der Waals surface area contributed by atoms with Crippen LogP contribution >= 0.6 is 0 Å². The van der Waals surface area contributed by atoms with Crippen LogP contribution in [-0.2, 0) is 19.1 Å². The molecular weight excluding hydrogens is 296 g/mol. The molecule has 1 saturated carbocycles. The quantitative estimate of drug-likeness (QED) is 0.746. The lowest BCUT2D eigenvalue weighted by molar-refractivity contribution is -0.149. The van der Waals surface area contributed by atoms with Crippen LogP contribution in [0.2, 0.25) is 0 Å². The lowest BCUT2D eigenvalue weighted by Gasteiger charge is -2.45. The number of carbonyl (C=O) groups excluding carboxylic acids is 2. The summed E-state index contributed by atoms with van der Waals surface area (Å²) in [6, 6.07) is 1.87. The summed E-state index contributed by atoms with van der Waals surface area (Å²) in [5.74, 6) is -0.128. The summed E-state index contributed by atoms with van der Waals surface area (Å²) in [4.78, 5) is 25.2. The second-order valence-electron chi connectivity index (χ2n) is 7.23. The molecule has 5 heteroatoms. The Kier molecular flexibility index (Phi) is 2.49. The Hall–Kier alpha value is -2.04. The van der Waals surface area contributed by atoms with Crippen molar-refractivity contribution in [3.05, 3.63) is 35.3 Å². The zero-order valence-corrected chi connectivity index (χ0v) is 12.9. The summed E-state index contributed by atoms with van der Waals surface area (Å²) in [7, 11) is 0. The molecule has 3 heterocycles. The molecule has 2 aliphatic carbocycles. The van der Waals surface area contributed by atoms with E-state index in [4.69, 9.17) is 13.9 Å². The minimum absolute atomic E-state index is 0.0450. The van der Waals surface area contributed by atoms with Gasteiger partial charge in [-0.25, -0.2) is 4.79 Å². The molecule has 1 aromatic rings. The molecule has 2 fully saturated rings. The summed E-state index contributed by atoms with van der Waals surface area (Å²) in [5, 5.41) is 0. The van der Waals surface area contributed by atoms with Crippen molar-refractivity contribution in [2.24, 2.45) is 17.3 Å². The second kappa shape index (κ2) is 4.28. The van der Waals surface area contributed by atoms with Gasteiger partial charge < -0.3 is 13.9 Å². The van der Waals surface area contributed by atoms with Crippen molar-refractivity contribution in [1.82, 2.24) is 0 Å². The fraction of sp³-hybridized carbons (Fsp3) is 0.556. The molecule has 4 aliphatic rings. The summed E-state index contributed by atoms with van der Waals surface area (Å²) >= 11 is 0. The van der Waals surface area contributed by atoms with Crippen LogP contribution in [0.15, 0.2) is 34.2 Å². The zero-order valence-electron chi connectivity index (χ0n) is 12.9. The van der Waals surface area contributed by atoms with Crippen LogP contribution in [0.25, 0.3) is 0 Å². The number of carbonyl (C=O) groups is 2. The Bertz CT molecular complexity index is 731. The number of esters is 2. The van der Waals surface area contributed by atoms with Gasteiger partial charge in [-0.05, 0) is 43.2 Å². The third-order valence-electron chi connectivity index (χ3n) is 6.19. The van der Waals surface area contributed by atoms with Gasteiger partial charge in [0, 0.05) is 17.1 Å². The SMILES string of the molecule is CC1CC2OC(=O)C3=C2C2(CCC3)C(=O)OC(c3ccoc3)C12. The van der Waals surface area contributed by atoms with Crippen molar-refractivity contribution < 1.29 is 23.5 Å². The summed E-state index contributed by atoms with van der Waals surface area (Å²) in [5.41, 5.74) is 1.91. The van der Waals surface area contributed by atoms with Crippen LogP contribution < -0.4 is 0 Å². The molecule has 5 rings (SSSR count). The largest absolute Gasteiger partial charge is 0.472 e. The van der Waals surface area contributed by atoms with Crippen LogP contribution in [0, 0.1) is 17.3 Å². The monoisotopic (exact) mass is 314 g/mol. The van der Waals surface area contributed by atoms with Gasteiger partial charge in [-0.3, -0.25) is 4.79 Å². The first-order valence-electron chi connectivity index (χ1n) is 8.30. The summed E-state index contributed by atoms with van der Waals surface area (Å²) in [6.45, 7) is 2.14. The first-order valence-corrected chi connectivity index (χ1v) is 8.30. The normalized spacial score (nSPS) is 41.4. The molecule has 2 aliphatic heterocycles. The lowest BCUT2D eigenvalue weighted by atomic mass is 9.54. The minimum Gasteiger partial charge on any atom is -0.472 e. The average molecular weight is 314 g/mol. The van der Waals surface area contributed by atoms with Crippen molar-refractivity contribution in [2.75, 3.05) is 0 Å². The van der Waals surface area contributed by atoms with Crippen molar-refractivity contribution in [3.63, 3.8) is 0 Å². The smallest absolute Gasteiger partial charge is 0.334 e. The molecule has 5 unspecified atom stereocenters. The standard InChI is InChI=1S/C18H18O5/c1-9-7-12-14-11(16(19)22-12)3-2-5-18(14)13(9)15(23-17(18)20)10-4-6-21-8-10/h4,6,8-9,12-13,15H,2-3,5,7H2,1H3. The third-order valence-corrected chi connectivity index (χ3v) is 6.19. The molecule has 120 valence electrons. The predicted octanol–water partition coefficient (Wildman–Crippen LogP) is 2.93. The molecule has 1 aromatic heterocycles. The summed E-state index contributed by atoms with van der Waals surface area (Å²) < 4.78 is 16.6. The van der Waals surface area contributed by atoms with Crippen molar-refractivity contribution in [2.45, 2.75) is 44.8 Å². The van der Waals surface area contributed by atoms with Crippen LogP contribution in [0.1, 0.15) is 44.3 Å². The van der Waals surface area contributed by atoms with E-state index in [1.807, 2.05) is 6.07 Å². The highest BCUT2D eigenvalue weighted by molar-refractivity contribution is 5.97. The van der Waals surface area contributed by atoms with E-state index in [1.165, 1.54) is 0 Å². The maximum absolute atomic E-state index is 13.0. The van der Waals surface area contributed by atoms with Crippen molar-refractivity contribution >= 4 is 11.9 Å². The maximum Gasteiger partial charge on any atom is 0.334 e. The van der Waals surface area contributed by atoms with Gasteiger partial charge in [0.2, 0.25) is 0 Å². The second-order valence-corrected chi connectivity index (χ2v) is 7.23. The van der Waals surface area contributed by atoms with Crippen molar-refractivity contribution in [3.8, 4) is 0 Å². The van der Waals surface area contributed by atoms with Crippen LogP contribution in [0.3, 0.4) is 0 Å². The molecule has 0 aromatic carbocycles. The van der Waals surface area contributed by atoms with Gasteiger partial charge in [0.05, 0.1) is 12.5 Å². The molecule has 0 N–H and O–H groups in total. The Balaban J connectivity index is 1.71. The fourth-order valence-electron chi connectivity index (χ4n) is 5.43. The summed E-state index contributed by atoms with van der Waals surface area (Å²) in [6.07, 6.45) is 5.80. The Morgan fingerprint density at radius 2 is 2.13 bits per heavy atom. The van der Waals surface area contributed by atoms with Crippen LogP contribution in [0.5, 0.6) is 0 Å². The number of hydrogen-bond donors (Lipinski definition) is 0. The van der Waals surface area contributed by atoms with E-state index in [0.29, 0.717) is 0 Å². The van der Waals surface area contributed by atoms with E-state index in [1.54, 1.807) is 12.5 Å². The topological polar surface area (TPSA) is 65.7 Å². The molecule has 5 atom stereocenters. The van der Waals surface area contributed by atoms with Crippen LogP contribution in [-0.4, -0.2) is 18.0 Å². The molecular formula is C18H18O5. The first-order chi connectivity index (χ1) is 11.1. The van der Waals surface area contributed by atoms with E-state index in [0.717, 1.165) is 42.4 Å². The average Bonchev–Trinajstić information content (AvgIpc) is 3.21. The zero-order chi connectivity index (χ0) is 15.8. The number of furan rings is 1. The predicted molar refractivity (Wildman–Crippen MR) is 78.0 cm³/mol. The van der Waals surface area contributed by atoms with E-state index in [2.05, 4.69) is 6.92 Å². The minimum atomic E-state index is -0.677. The highest BCUT2D eigenvalue weighted by Crippen LogP contribution is 2.65. The molecule has 1 spiro atoms. The van der Waals surface area contributed by atoms with Gasteiger partial charge in [0.15, 0.2) is 0 Å². The molecule has 0 amide bonds. The van der Waals surface area contributed by atoms with E-state index in [9.17, 15) is 9.59 Å². The molecule has 0 bridgehead atoms. The molecule has 1 saturated heterocycles. The van der Waals surface area contributed by atoms with Gasteiger partial charge in [0.1, 0.15) is 17.6 Å². The highest BCUT2D eigenvalue weighted by Gasteiger charge is 2.68. The fourth-order valence-corrected chi connectivity index (χ4v) is 5.43. The molecule has 23 heavy (non-hydrogen) atoms. The van der Waals surface area contributed by atoms with E-state index >= 15 is 0 Å². The van der Waals surface area contributed by atoms with E-state index in [-0.39, 0.29) is 36.0 Å². The highest BCUT2D eigenvalue weighted by atomic mass is 16.6. The molecule has 5 nitrogen and oxygen atoms in total. The van der Waals surface area contributed by atoms with Gasteiger partial charge >= 0.3 is 11.9 Å². The number of hydrogen-bond acceptors (Lipinski definition) is 5. The number of ether oxygens (including phenoxy) is 2. The Labute approximate surface area is 133 Å². The van der Waals surface area contributed by atoms with Gasteiger partial charge in [-0.2, -0.15) is 0 Å². The Morgan fingerprint density at radius 1 is 1.26 bits per heavy atom. The third kappa shape index (κ3) is 1.48. The van der Waals surface area contributed by atoms with E-state index < -0.39 is 5.41 Å². The van der Waals surface area contributed by atoms with Gasteiger partial charge in [0.25, 0.3) is 0 Å². The lowest BCUT2D eigenvalue weighted by Crippen LogP contribution is -2.48. The van der Waals surface area contributed by atoms with Gasteiger partial charge in [-0.15, -0.1) is 0 Å². The maximum atomic E-state index is 13.0. The van der Waals surface area contributed by atoms with Gasteiger partial charge in [-0.1, -0.05) is 6.92 Å². The number of cyclic esters (lactones) is 1. The first kappa shape index (κ1) is 13.4. The number of rotatable bonds is 1. The molecule has 0 radical (unpaired) electrons.